The highest BCUT2D eigenvalue weighted by Crippen LogP contribution is 2.21. The average Bonchev–Trinajstić information content (AvgIpc) is 2.97. The van der Waals surface area contributed by atoms with Crippen LogP contribution in [0.2, 0.25) is 0 Å². The van der Waals surface area contributed by atoms with Gasteiger partial charge in [0.2, 0.25) is 0 Å². The molecular formula is C11H10BrN5O. The summed E-state index contributed by atoms with van der Waals surface area (Å²) in [6, 6.07) is 3.79. The number of aromatic nitrogens is 4. The topological polar surface area (TPSA) is 70.8 Å². The van der Waals surface area contributed by atoms with Crippen LogP contribution in [0.25, 0.3) is 11.2 Å². The van der Waals surface area contributed by atoms with Gasteiger partial charge in [-0.1, -0.05) is 0 Å². The first-order chi connectivity index (χ1) is 8.74. The van der Waals surface area contributed by atoms with Gasteiger partial charge < -0.3 is 14.3 Å². The van der Waals surface area contributed by atoms with Gasteiger partial charge in [0.25, 0.3) is 0 Å². The van der Waals surface area contributed by atoms with E-state index in [1.807, 2.05) is 24.1 Å². The normalized spacial score (nSPS) is 11.0. The van der Waals surface area contributed by atoms with Gasteiger partial charge in [0.1, 0.15) is 17.6 Å². The molecule has 3 heterocycles. The van der Waals surface area contributed by atoms with Crippen molar-refractivity contribution in [1.82, 2.24) is 19.9 Å². The van der Waals surface area contributed by atoms with Crippen LogP contribution in [-0.2, 0) is 6.54 Å². The Bertz CT molecular complexity index is 677. The van der Waals surface area contributed by atoms with Crippen LogP contribution in [-0.4, -0.2) is 27.0 Å². The molecule has 0 atom stereocenters. The summed E-state index contributed by atoms with van der Waals surface area (Å²) in [7, 11) is 1.94. The molecule has 0 aliphatic heterocycles. The maximum Gasteiger partial charge on any atom is 0.182 e. The van der Waals surface area contributed by atoms with E-state index in [4.69, 9.17) is 4.42 Å². The summed E-state index contributed by atoms with van der Waals surface area (Å²) in [6.45, 7) is 0.622. The Morgan fingerprint density at radius 3 is 3.00 bits per heavy atom. The zero-order chi connectivity index (χ0) is 12.5. The lowest BCUT2D eigenvalue weighted by molar-refractivity contribution is 0.486. The molecule has 6 nitrogen and oxygen atoms in total. The number of aromatic amines is 1. The van der Waals surface area contributed by atoms with Crippen molar-refractivity contribution in [3.05, 3.63) is 35.2 Å². The van der Waals surface area contributed by atoms with Crippen LogP contribution < -0.4 is 4.90 Å². The molecule has 0 aliphatic rings. The highest BCUT2D eigenvalue weighted by atomic mass is 79.9. The molecule has 0 fully saturated rings. The summed E-state index contributed by atoms with van der Waals surface area (Å²) in [6.07, 6.45) is 3.12. The summed E-state index contributed by atoms with van der Waals surface area (Å²) < 4.78 is 6.20. The SMILES string of the molecule is CN(Cc1ccc(Br)o1)c1ncnc2nc[nH]c12. The van der Waals surface area contributed by atoms with Crippen molar-refractivity contribution in [3.63, 3.8) is 0 Å². The average molecular weight is 308 g/mol. The van der Waals surface area contributed by atoms with Crippen LogP contribution in [0.5, 0.6) is 0 Å². The highest BCUT2D eigenvalue weighted by molar-refractivity contribution is 9.10. The molecule has 0 bridgehead atoms. The Hall–Kier alpha value is -1.89. The third-order valence-corrected chi connectivity index (χ3v) is 3.01. The molecule has 18 heavy (non-hydrogen) atoms. The number of halogens is 1. The number of nitrogens with zero attached hydrogens (tertiary/aromatic N) is 4. The number of fused-ring (bicyclic) bond motifs is 1. The third kappa shape index (κ3) is 1.97. The van der Waals surface area contributed by atoms with Crippen molar-refractivity contribution in [2.75, 3.05) is 11.9 Å². The maximum absolute atomic E-state index is 5.47. The first-order valence-electron chi connectivity index (χ1n) is 5.33. The van der Waals surface area contributed by atoms with Gasteiger partial charge in [-0.05, 0) is 28.1 Å². The number of rotatable bonds is 3. The van der Waals surface area contributed by atoms with E-state index in [0.717, 1.165) is 21.8 Å². The number of imidazole rings is 1. The van der Waals surface area contributed by atoms with Gasteiger partial charge in [-0.2, -0.15) is 0 Å². The number of furan rings is 1. The van der Waals surface area contributed by atoms with E-state index in [1.165, 1.54) is 6.33 Å². The smallest absolute Gasteiger partial charge is 0.182 e. The molecule has 0 saturated carbocycles. The Kier molecular flexibility index (Phi) is 2.75. The number of H-pyrrole nitrogens is 1. The van der Waals surface area contributed by atoms with Gasteiger partial charge in [-0.15, -0.1) is 0 Å². The van der Waals surface area contributed by atoms with Crippen molar-refractivity contribution in [2.45, 2.75) is 6.54 Å². The monoisotopic (exact) mass is 307 g/mol. The molecule has 0 radical (unpaired) electrons. The van der Waals surface area contributed by atoms with Crippen molar-refractivity contribution >= 4 is 32.9 Å². The molecule has 92 valence electrons. The van der Waals surface area contributed by atoms with Gasteiger partial charge >= 0.3 is 0 Å². The number of hydrogen-bond acceptors (Lipinski definition) is 5. The van der Waals surface area contributed by atoms with E-state index in [0.29, 0.717) is 12.2 Å². The fourth-order valence-corrected chi connectivity index (χ4v) is 2.13. The lowest BCUT2D eigenvalue weighted by Crippen LogP contribution is -2.17. The van der Waals surface area contributed by atoms with Gasteiger partial charge in [0.05, 0.1) is 12.9 Å². The van der Waals surface area contributed by atoms with E-state index in [1.54, 1.807) is 6.33 Å². The summed E-state index contributed by atoms with van der Waals surface area (Å²) in [4.78, 5) is 17.5. The van der Waals surface area contributed by atoms with Gasteiger partial charge in [-0.3, -0.25) is 0 Å². The van der Waals surface area contributed by atoms with Crippen molar-refractivity contribution in [1.29, 1.82) is 0 Å². The highest BCUT2D eigenvalue weighted by Gasteiger charge is 2.12. The predicted molar refractivity (Wildman–Crippen MR) is 70.2 cm³/mol. The van der Waals surface area contributed by atoms with E-state index >= 15 is 0 Å². The number of nitrogens with one attached hydrogen (secondary N) is 1. The number of anilines is 1. The maximum atomic E-state index is 5.47. The van der Waals surface area contributed by atoms with Gasteiger partial charge in [-0.25, -0.2) is 15.0 Å². The Morgan fingerprint density at radius 2 is 2.22 bits per heavy atom. The van der Waals surface area contributed by atoms with Crippen LogP contribution in [0.3, 0.4) is 0 Å². The molecule has 1 N–H and O–H groups in total. The zero-order valence-electron chi connectivity index (χ0n) is 9.59. The van der Waals surface area contributed by atoms with Gasteiger partial charge in [0.15, 0.2) is 16.1 Å². The van der Waals surface area contributed by atoms with Crippen LogP contribution in [0, 0.1) is 0 Å². The van der Waals surface area contributed by atoms with Crippen molar-refractivity contribution < 1.29 is 4.42 Å². The minimum atomic E-state index is 0.622. The standard InChI is InChI=1S/C11H10BrN5O/c1-17(4-7-2-3-8(12)18-7)11-9-10(14-5-13-9)15-6-16-11/h2-3,5-6H,4H2,1H3,(H,13,14,15,16). The number of hydrogen-bond donors (Lipinski definition) is 1. The lowest BCUT2D eigenvalue weighted by Gasteiger charge is -2.16. The molecule has 0 saturated heterocycles. The fourth-order valence-electron chi connectivity index (χ4n) is 1.79. The first kappa shape index (κ1) is 11.2. The van der Waals surface area contributed by atoms with Crippen LogP contribution >= 0.6 is 15.9 Å². The zero-order valence-corrected chi connectivity index (χ0v) is 11.2. The second kappa shape index (κ2) is 4.41. The molecule has 3 aromatic heterocycles. The minimum absolute atomic E-state index is 0.622. The largest absolute Gasteiger partial charge is 0.452 e. The third-order valence-electron chi connectivity index (χ3n) is 2.59. The van der Waals surface area contributed by atoms with E-state index in [-0.39, 0.29) is 0 Å². The molecular weight excluding hydrogens is 298 g/mol. The van der Waals surface area contributed by atoms with E-state index in [2.05, 4.69) is 35.9 Å². The summed E-state index contributed by atoms with van der Waals surface area (Å²) in [5, 5.41) is 0. The summed E-state index contributed by atoms with van der Waals surface area (Å²) >= 11 is 3.28. The quantitative estimate of drug-likeness (QED) is 0.804. The first-order valence-corrected chi connectivity index (χ1v) is 6.13. The molecule has 3 rings (SSSR count). The molecule has 3 aromatic rings. The Morgan fingerprint density at radius 1 is 1.33 bits per heavy atom. The molecule has 0 unspecified atom stereocenters. The summed E-state index contributed by atoms with van der Waals surface area (Å²) in [5.74, 6) is 1.65. The Labute approximate surface area is 111 Å². The van der Waals surface area contributed by atoms with Crippen LogP contribution in [0.15, 0.2) is 33.9 Å². The summed E-state index contributed by atoms with van der Waals surface area (Å²) in [5.41, 5.74) is 1.48. The minimum Gasteiger partial charge on any atom is -0.452 e. The molecule has 0 aliphatic carbocycles. The van der Waals surface area contributed by atoms with Crippen LogP contribution in [0.4, 0.5) is 5.82 Å². The van der Waals surface area contributed by atoms with Crippen molar-refractivity contribution in [3.8, 4) is 0 Å². The Balaban J connectivity index is 1.92. The van der Waals surface area contributed by atoms with Crippen LogP contribution in [0.1, 0.15) is 5.76 Å². The van der Waals surface area contributed by atoms with E-state index < -0.39 is 0 Å². The predicted octanol–water partition coefficient (Wildman–Crippen LogP) is 2.34. The molecule has 7 heteroatoms. The lowest BCUT2D eigenvalue weighted by atomic mass is 10.4. The van der Waals surface area contributed by atoms with E-state index in [9.17, 15) is 0 Å². The fraction of sp³-hybridized carbons (Fsp3) is 0.182. The van der Waals surface area contributed by atoms with Gasteiger partial charge in [0, 0.05) is 7.05 Å². The second-order valence-electron chi connectivity index (χ2n) is 3.86. The second-order valence-corrected chi connectivity index (χ2v) is 4.64. The molecule has 0 aromatic carbocycles. The van der Waals surface area contributed by atoms with Crippen molar-refractivity contribution in [2.24, 2.45) is 0 Å². The molecule has 0 amide bonds. The molecule has 0 spiro atoms.